The fourth-order valence-corrected chi connectivity index (χ4v) is 8.69. The highest BCUT2D eigenvalue weighted by molar-refractivity contribution is 7.90. The minimum Gasteiger partial charge on any atom is -0.308 e. The van der Waals surface area contributed by atoms with Crippen LogP contribution in [0.3, 0.4) is 0 Å². The molecule has 0 radical (unpaired) electrons. The first-order chi connectivity index (χ1) is 32.2. The topological polar surface area (TPSA) is 233 Å². The number of benzene rings is 8. The van der Waals surface area contributed by atoms with Crippen molar-refractivity contribution >= 4 is 99.8 Å². The Labute approximate surface area is 384 Å². The van der Waals surface area contributed by atoms with E-state index in [4.69, 9.17) is 0 Å². The molecule has 0 aliphatic heterocycles. The third-order valence-electron chi connectivity index (χ3n) is 10.1. The molecular weight excluding hydrogens is 893 g/mol. The first-order valence-corrected chi connectivity index (χ1v) is 23.4. The van der Waals surface area contributed by atoms with Crippen molar-refractivity contribution in [1.82, 2.24) is 9.44 Å². The third-order valence-corrected chi connectivity index (χ3v) is 12.8. The number of nitrogens with one attached hydrogen (secondary N) is 8. The van der Waals surface area contributed by atoms with Crippen LogP contribution in [-0.4, -0.2) is 41.0 Å². The van der Waals surface area contributed by atoms with E-state index in [1.54, 1.807) is 60.7 Å². The van der Waals surface area contributed by atoms with Crippen LogP contribution in [0.4, 0.5) is 53.3 Å². The highest BCUT2D eigenvalue weighted by atomic mass is 32.2. The van der Waals surface area contributed by atoms with Crippen molar-refractivity contribution in [3.63, 3.8) is 0 Å². The minimum absolute atomic E-state index is 0.192. The summed E-state index contributed by atoms with van der Waals surface area (Å²) in [5.41, 5.74) is 4.22. The maximum absolute atomic E-state index is 12.9. The minimum atomic E-state index is -4.26. The van der Waals surface area contributed by atoms with E-state index in [1.807, 2.05) is 82.2 Å². The summed E-state index contributed by atoms with van der Waals surface area (Å²) >= 11 is 0. The maximum Gasteiger partial charge on any atom is 0.333 e. The van der Waals surface area contributed by atoms with Crippen molar-refractivity contribution in [3.8, 4) is 0 Å². The molecule has 0 heterocycles. The lowest BCUT2D eigenvalue weighted by atomic mass is 10.0. The van der Waals surface area contributed by atoms with Crippen LogP contribution in [0.25, 0.3) is 21.5 Å². The number of fused-ring (bicyclic) bond motifs is 2. The molecule has 8 N–H and O–H groups in total. The first kappa shape index (κ1) is 44.9. The van der Waals surface area contributed by atoms with Crippen molar-refractivity contribution in [3.05, 3.63) is 193 Å². The van der Waals surface area contributed by atoms with Crippen LogP contribution >= 0.6 is 0 Å². The molecule has 0 fully saturated rings. The lowest BCUT2D eigenvalue weighted by Crippen LogP contribution is -2.34. The number of hydrogen-bond acceptors (Lipinski definition) is 8. The fraction of sp³-hybridized carbons (Fsp3) is 0.0204. The van der Waals surface area contributed by atoms with Gasteiger partial charge in [-0.05, 0) is 136 Å². The Morgan fingerprint density at radius 3 is 0.955 bits per heavy atom. The summed E-state index contributed by atoms with van der Waals surface area (Å²) in [5, 5.41) is 19.8. The number of anilines is 6. The van der Waals surface area contributed by atoms with Gasteiger partial charge in [0, 0.05) is 34.1 Å². The summed E-state index contributed by atoms with van der Waals surface area (Å²) in [6, 6.07) is 47.6. The first-order valence-electron chi connectivity index (χ1n) is 20.4. The summed E-state index contributed by atoms with van der Waals surface area (Å²) in [4.78, 5) is 50.1. The summed E-state index contributed by atoms with van der Waals surface area (Å²) in [6.07, 6.45) is 0.466. The van der Waals surface area contributed by atoms with Gasteiger partial charge in [0.05, 0.1) is 9.79 Å². The highest BCUT2D eigenvalue weighted by Crippen LogP contribution is 2.23. The molecular formula is C49H40N8O8S2. The van der Waals surface area contributed by atoms with Crippen LogP contribution in [0.15, 0.2) is 192 Å². The Morgan fingerprint density at radius 2 is 0.597 bits per heavy atom. The van der Waals surface area contributed by atoms with E-state index >= 15 is 0 Å². The monoisotopic (exact) mass is 932 g/mol. The Kier molecular flexibility index (Phi) is 13.1. The number of carbonyl (C=O) groups is 4. The van der Waals surface area contributed by atoms with Gasteiger partial charge in [-0.3, -0.25) is 0 Å². The number of hydrogen-bond donors (Lipinski definition) is 8. The van der Waals surface area contributed by atoms with E-state index in [2.05, 4.69) is 31.9 Å². The van der Waals surface area contributed by atoms with E-state index in [0.29, 0.717) is 40.5 Å². The summed E-state index contributed by atoms with van der Waals surface area (Å²) in [6.45, 7) is 0. The van der Waals surface area contributed by atoms with Crippen molar-refractivity contribution in [2.45, 2.75) is 16.2 Å². The van der Waals surface area contributed by atoms with Crippen molar-refractivity contribution in [2.24, 2.45) is 0 Å². The molecule has 8 aromatic carbocycles. The fourth-order valence-electron chi connectivity index (χ4n) is 6.88. The van der Waals surface area contributed by atoms with E-state index < -0.39 is 44.2 Å². The molecule has 0 aromatic heterocycles. The van der Waals surface area contributed by atoms with Gasteiger partial charge < -0.3 is 31.9 Å². The quantitative estimate of drug-likeness (QED) is 0.0586. The second kappa shape index (κ2) is 19.6. The Bertz CT molecular complexity index is 3150. The van der Waals surface area contributed by atoms with E-state index in [1.165, 1.54) is 48.5 Å². The highest BCUT2D eigenvalue weighted by Gasteiger charge is 2.20. The molecule has 8 rings (SSSR count). The number of urea groups is 4. The normalized spacial score (nSPS) is 11.2. The second-order valence-corrected chi connectivity index (χ2v) is 18.4. The van der Waals surface area contributed by atoms with Crippen LogP contribution in [0, 0.1) is 0 Å². The van der Waals surface area contributed by atoms with Gasteiger partial charge >= 0.3 is 24.1 Å². The zero-order chi connectivity index (χ0) is 47.0. The largest absolute Gasteiger partial charge is 0.333 e. The summed E-state index contributed by atoms with van der Waals surface area (Å²) in [7, 11) is -8.51. The Hall–Kier alpha value is -8.74. The van der Waals surface area contributed by atoms with Gasteiger partial charge in [-0.25, -0.2) is 45.5 Å². The summed E-state index contributed by atoms with van der Waals surface area (Å²) in [5.74, 6) is 0. The van der Waals surface area contributed by atoms with Gasteiger partial charge in [0.2, 0.25) is 0 Å². The number of sulfonamides is 2. The third kappa shape index (κ3) is 11.9. The average Bonchev–Trinajstić information content (AvgIpc) is 3.30. The lowest BCUT2D eigenvalue weighted by Gasteiger charge is -2.11. The summed E-state index contributed by atoms with van der Waals surface area (Å²) < 4.78 is 55.7. The standard InChI is InChI=1S/C49H40N8O8S2/c58-46(54-42-19-13-34-5-1-3-7-36(34)30-42)50-40-21-25-44(26-22-40)66(62,63)56-48(60)52-38-15-9-32(10-16-38)29-33-11-17-39(18-12-33)53-49(61)57-67(64,65)45-27-23-41(24-28-45)51-47(59)55-43-20-14-35-6-2-4-8-37(35)31-43/h1-28,30-31H,29H2,(H2,50,54,58)(H2,51,55,59)(H2,52,56,60)(H2,53,57,61). The predicted octanol–water partition coefficient (Wildman–Crippen LogP) is 9.89. The van der Waals surface area contributed by atoms with Crippen LogP contribution in [0.1, 0.15) is 11.1 Å². The van der Waals surface area contributed by atoms with Crippen LogP contribution in [-0.2, 0) is 26.5 Å². The van der Waals surface area contributed by atoms with Crippen LogP contribution in [0.2, 0.25) is 0 Å². The molecule has 0 aliphatic carbocycles. The molecule has 0 unspecified atom stereocenters. The molecule has 336 valence electrons. The van der Waals surface area contributed by atoms with Crippen molar-refractivity contribution in [1.29, 1.82) is 0 Å². The Balaban J connectivity index is 0.762. The molecule has 0 saturated carbocycles. The van der Waals surface area contributed by atoms with Gasteiger partial charge in [-0.1, -0.05) is 84.9 Å². The number of amides is 8. The molecule has 8 amide bonds. The van der Waals surface area contributed by atoms with E-state index in [0.717, 1.165) is 32.7 Å². The Morgan fingerprint density at radius 1 is 0.313 bits per heavy atom. The molecule has 0 saturated heterocycles. The van der Waals surface area contributed by atoms with Crippen LogP contribution < -0.4 is 41.3 Å². The molecule has 0 aliphatic rings. The molecule has 18 heteroatoms. The van der Waals surface area contributed by atoms with E-state index in [-0.39, 0.29) is 9.79 Å². The number of rotatable bonds is 12. The van der Waals surface area contributed by atoms with Gasteiger partial charge in [0.1, 0.15) is 0 Å². The lowest BCUT2D eigenvalue weighted by molar-refractivity contribution is 0.255. The number of carbonyl (C=O) groups excluding carboxylic acids is 4. The van der Waals surface area contributed by atoms with Gasteiger partial charge in [0.25, 0.3) is 20.0 Å². The molecule has 67 heavy (non-hydrogen) atoms. The average molecular weight is 933 g/mol. The molecule has 0 atom stereocenters. The van der Waals surface area contributed by atoms with Gasteiger partial charge in [-0.2, -0.15) is 0 Å². The van der Waals surface area contributed by atoms with Crippen molar-refractivity contribution < 1.29 is 36.0 Å². The second-order valence-electron chi connectivity index (χ2n) is 15.0. The maximum atomic E-state index is 12.9. The smallest absolute Gasteiger partial charge is 0.308 e. The van der Waals surface area contributed by atoms with Crippen molar-refractivity contribution in [2.75, 3.05) is 31.9 Å². The zero-order valence-electron chi connectivity index (χ0n) is 35.1. The predicted molar refractivity (Wildman–Crippen MR) is 260 cm³/mol. The molecule has 16 nitrogen and oxygen atoms in total. The zero-order valence-corrected chi connectivity index (χ0v) is 36.7. The van der Waals surface area contributed by atoms with Crippen LogP contribution in [0.5, 0.6) is 0 Å². The van der Waals surface area contributed by atoms with Gasteiger partial charge in [0.15, 0.2) is 0 Å². The molecule has 0 bridgehead atoms. The molecule has 0 spiro atoms. The molecule has 8 aromatic rings. The van der Waals surface area contributed by atoms with E-state index in [9.17, 15) is 36.0 Å². The SMILES string of the molecule is O=C(Nc1ccc(S(=O)(=O)NC(=O)Nc2ccc(Cc3ccc(NC(=O)NS(=O)(=O)c4ccc(NC(=O)Nc5ccc6ccccc6c5)cc4)cc3)cc2)cc1)Nc1ccc2ccccc2c1. The van der Waals surface area contributed by atoms with Gasteiger partial charge in [-0.15, -0.1) is 0 Å².